The van der Waals surface area contributed by atoms with E-state index in [2.05, 4.69) is 85.0 Å². The van der Waals surface area contributed by atoms with E-state index in [0.717, 1.165) is 5.75 Å². The third kappa shape index (κ3) is 4.23. The molecule has 0 saturated carbocycles. The van der Waals surface area contributed by atoms with Crippen LogP contribution in [-0.2, 0) is 6.61 Å². The number of hydrogen-bond acceptors (Lipinski definition) is 1. The SMILES string of the molecule is CCC(C)c1ccc(OCc2ccc(I)cc2)cc1. The standard InChI is InChI=1S/C17H19IO/c1-3-13(2)15-6-10-17(11-7-15)19-12-14-4-8-16(18)9-5-14/h4-11,13H,3,12H2,1-2H3. The van der Waals surface area contributed by atoms with Crippen LogP contribution >= 0.6 is 22.6 Å². The second kappa shape index (κ2) is 6.94. The van der Waals surface area contributed by atoms with Crippen LogP contribution in [-0.4, -0.2) is 0 Å². The van der Waals surface area contributed by atoms with Gasteiger partial charge in [0.1, 0.15) is 12.4 Å². The molecule has 0 fully saturated rings. The van der Waals surface area contributed by atoms with Gasteiger partial charge in [0.05, 0.1) is 0 Å². The molecule has 0 aliphatic rings. The lowest BCUT2D eigenvalue weighted by molar-refractivity contribution is 0.306. The highest BCUT2D eigenvalue weighted by atomic mass is 127. The van der Waals surface area contributed by atoms with Crippen molar-refractivity contribution in [3.8, 4) is 5.75 Å². The lowest BCUT2D eigenvalue weighted by Crippen LogP contribution is -1.96. The maximum Gasteiger partial charge on any atom is 0.119 e. The van der Waals surface area contributed by atoms with Crippen molar-refractivity contribution in [3.63, 3.8) is 0 Å². The Balaban J connectivity index is 1.94. The number of rotatable bonds is 5. The molecule has 0 amide bonds. The first kappa shape index (κ1) is 14.4. The van der Waals surface area contributed by atoms with Gasteiger partial charge in [-0.15, -0.1) is 0 Å². The van der Waals surface area contributed by atoms with Crippen LogP contribution in [0.2, 0.25) is 0 Å². The number of hydrogen-bond donors (Lipinski definition) is 0. The summed E-state index contributed by atoms with van der Waals surface area (Å²) in [6, 6.07) is 16.9. The van der Waals surface area contributed by atoms with Gasteiger partial charge in [0.2, 0.25) is 0 Å². The van der Waals surface area contributed by atoms with Crippen LogP contribution in [0.4, 0.5) is 0 Å². The summed E-state index contributed by atoms with van der Waals surface area (Å²) in [6.07, 6.45) is 1.17. The summed E-state index contributed by atoms with van der Waals surface area (Å²) in [4.78, 5) is 0. The van der Waals surface area contributed by atoms with Crippen molar-refractivity contribution in [2.45, 2.75) is 32.8 Å². The monoisotopic (exact) mass is 366 g/mol. The third-order valence-corrected chi connectivity index (χ3v) is 4.10. The molecule has 0 heterocycles. The lowest BCUT2D eigenvalue weighted by atomic mass is 9.99. The van der Waals surface area contributed by atoms with Crippen LogP contribution in [0.25, 0.3) is 0 Å². The molecule has 19 heavy (non-hydrogen) atoms. The average Bonchev–Trinajstić information content (AvgIpc) is 2.46. The number of ether oxygens (including phenoxy) is 1. The molecule has 1 atom stereocenters. The van der Waals surface area contributed by atoms with Crippen LogP contribution in [0.5, 0.6) is 5.75 Å². The van der Waals surface area contributed by atoms with E-state index in [9.17, 15) is 0 Å². The predicted molar refractivity (Wildman–Crippen MR) is 88.6 cm³/mol. The van der Waals surface area contributed by atoms with Gasteiger partial charge in [0, 0.05) is 3.57 Å². The van der Waals surface area contributed by atoms with Crippen molar-refractivity contribution in [2.24, 2.45) is 0 Å². The van der Waals surface area contributed by atoms with Gasteiger partial charge in [-0.3, -0.25) is 0 Å². The molecule has 1 nitrogen and oxygen atoms in total. The Bertz CT molecular complexity index is 502. The summed E-state index contributed by atoms with van der Waals surface area (Å²) in [5.41, 5.74) is 2.58. The Morgan fingerprint density at radius 3 is 2.21 bits per heavy atom. The first-order valence-corrected chi connectivity index (χ1v) is 7.74. The Hall–Kier alpha value is -1.03. The number of halogens is 1. The molecule has 0 saturated heterocycles. The minimum atomic E-state index is 0.616. The van der Waals surface area contributed by atoms with Gasteiger partial charge in [-0.2, -0.15) is 0 Å². The summed E-state index contributed by atoms with van der Waals surface area (Å²) < 4.78 is 7.05. The average molecular weight is 366 g/mol. The molecule has 0 aliphatic heterocycles. The van der Waals surface area contributed by atoms with Gasteiger partial charge in [-0.25, -0.2) is 0 Å². The molecular formula is C17H19IO. The smallest absolute Gasteiger partial charge is 0.119 e. The van der Waals surface area contributed by atoms with Crippen molar-refractivity contribution >= 4 is 22.6 Å². The van der Waals surface area contributed by atoms with E-state index >= 15 is 0 Å². The summed E-state index contributed by atoms with van der Waals surface area (Å²) in [5, 5.41) is 0. The molecule has 2 aromatic carbocycles. The normalized spacial score (nSPS) is 12.2. The van der Waals surface area contributed by atoms with E-state index in [1.165, 1.54) is 21.1 Å². The molecule has 100 valence electrons. The Morgan fingerprint density at radius 1 is 1.00 bits per heavy atom. The maximum atomic E-state index is 5.80. The molecule has 0 N–H and O–H groups in total. The lowest BCUT2D eigenvalue weighted by Gasteiger charge is -2.11. The summed E-state index contributed by atoms with van der Waals surface area (Å²) in [6.45, 7) is 5.09. The second-order valence-electron chi connectivity index (χ2n) is 4.79. The molecule has 0 bridgehead atoms. The van der Waals surface area contributed by atoms with Gasteiger partial charge >= 0.3 is 0 Å². The highest BCUT2D eigenvalue weighted by Gasteiger charge is 2.03. The molecule has 2 heteroatoms. The largest absolute Gasteiger partial charge is 0.489 e. The molecular weight excluding hydrogens is 347 g/mol. The quantitative estimate of drug-likeness (QED) is 0.646. The van der Waals surface area contributed by atoms with Crippen molar-refractivity contribution in [3.05, 3.63) is 63.2 Å². The third-order valence-electron chi connectivity index (χ3n) is 3.38. The van der Waals surface area contributed by atoms with Gasteiger partial charge in [0.15, 0.2) is 0 Å². The summed E-state index contributed by atoms with van der Waals surface area (Å²) >= 11 is 2.31. The van der Waals surface area contributed by atoms with E-state index in [-0.39, 0.29) is 0 Å². The Kier molecular flexibility index (Phi) is 5.25. The molecule has 0 aliphatic carbocycles. The van der Waals surface area contributed by atoms with Crippen LogP contribution in [0.3, 0.4) is 0 Å². The van der Waals surface area contributed by atoms with Crippen molar-refractivity contribution in [2.75, 3.05) is 0 Å². The van der Waals surface area contributed by atoms with Crippen LogP contribution in [0.15, 0.2) is 48.5 Å². The molecule has 0 aromatic heterocycles. The Morgan fingerprint density at radius 2 is 1.63 bits per heavy atom. The fourth-order valence-corrected chi connectivity index (χ4v) is 2.24. The van der Waals surface area contributed by atoms with Crippen molar-refractivity contribution < 1.29 is 4.74 Å². The van der Waals surface area contributed by atoms with E-state index in [4.69, 9.17) is 4.74 Å². The van der Waals surface area contributed by atoms with Crippen LogP contribution < -0.4 is 4.74 Å². The van der Waals surface area contributed by atoms with E-state index < -0.39 is 0 Å². The molecule has 0 radical (unpaired) electrons. The van der Waals surface area contributed by atoms with Crippen molar-refractivity contribution in [1.82, 2.24) is 0 Å². The highest BCUT2D eigenvalue weighted by Crippen LogP contribution is 2.22. The topological polar surface area (TPSA) is 9.23 Å². The summed E-state index contributed by atoms with van der Waals surface area (Å²) in [5.74, 6) is 1.55. The zero-order chi connectivity index (χ0) is 13.7. The minimum absolute atomic E-state index is 0.616. The zero-order valence-corrected chi connectivity index (χ0v) is 13.6. The van der Waals surface area contributed by atoms with Crippen LogP contribution in [0, 0.1) is 3.57 Å². The zero-order valence-electron chi connectivity index (χ0n) is 11.4. The molecule has 0 spiro atoms. The molecule has 2 aromatic rings. The van der Waals surface area contributed by atoms with Gasteiger partial charge < -0.3 is 4.74 Å². The highest BCUT2D eigenvalue weighted by molar-refractivity contribution is 14.1. The second-order valence-corrected chi connectivity index (χ2v) is 6.04. The fraction of sp³-hybridized carbons (Fsp3) is 0.294. The fourth-order valence-electron chi connectivity index (χ4n) is 1.88. The van der Waals surface area contributed by atoms with Gasteiger partial charge in [-0.1, -0.05) is 38.1 Å². The molecule has 2 rings (SSSR count). The minimum Gasteiger partial charge on any atom is -0.489 e. The predicted octanol–water partition coefficient (Wildman–Crippen LogP) is 5.38. The number of benzene rings is 2. The maximum absolute atomic E-state index is 5.80. The summed E-state index contributed by atoms with van der Waals surface area (Å²) in [7, 11) is 0. The van der Waals surface area contributed by atoms with E-state index in [1.54, 1.807) is 0 Å². The van der Waals surface area contributed by atoms with Crippen molar-refractivity contribution in [1.29, 1.82) is 0 Å². The van der Waals surface area contributed by atoms with E-state index in [1.807, 2.05) is 0 Å². The first-order chi connectivity index (χ1) is 9.19. The van der Waals surface area contributed by atoms with Crippen LogP contribution in [0.1, 0.15) is 37.3 Å². The Labute approximate surface area is 129 Å². The first-order valence-electron chi connectivity index (χ1n) is 6.66. The van der Waals surface area contributed by atoms with Gasteiger partial charge in [-0.05, 0) is 70.3 Å². The van der Waals surface area contributed by atoms with Gasteiger partial charge in [0.25, 0.3) is 0 Å². The molecule has 1 unspecified atom stereocenters. The van der Waals surface area contributed by atoms with E-state index in [0.29, 0.717) is 12.5 Å².